The molecule has 1 saturated heterocycles. The van der Waals surface area contributed by atoms with Crippen LogP contribution in [0.5, 0.6) is 0 Å². The smallest absolute Gasteiger partial charge is 0.306 e. The van der Waals surface area contributed by atoms with Crippen molar-refractivity contribution >= 4 is 5.97 Å². The van der Waals surface area contributed by atoms with Crippen molar-refractivity contribution in [2.24, 2.45) is 0 Å². The minimum Gasteiger partial charge on any atom is -0.460 e. The lowest BCUT2D eigenvalue weighted by Gasteiger charge is -2.13. The van der Waals surface area contributed by atoms with Gasteiger partial charge in [-0.05, 0) is 19.5 Å². The Balaban J connectivity index is 2.04. The first kappa shape index (κ1) is 14.0. The van der Waals surface area contributed by atoms with Crippen LogP contribution in [0.25, 0.3) is 0 Å². The number of hydrogen-bond acceptors (Lipinski definition) is 4. The summed E-state index contributed by atoms with van der Waals surface area (Å²) in [7, 11) is 0. The van der Waals surface area contributed by atoms with Crippen LogP contribution in [0.15, 0.2) is 0 Å². The minimum atomic E-state index is -0.119. The van der Waals surface area contributed by atoms with Crippen LogP contribution < -0.4 is 0 Å². The van der Waals surface area contributed by atoms with Gasteiger partial charge in [0.2, 0.25) is 0 Å². The predicted molar refractivity (Wildman–Crippen MR) is 65.5 cm³/mol. The van der Waals surface area contributed by atoms with Gasteiger partial charge < -0.3 is 9.47 Å². The third-order valence-electron chi connectivity index (χ3n) is 2.77. The standard InChI is InChI=1S/C13H21NO3/c1-3-14(4-2)9-5-6-10-16-11-12-7-8-13(15)17-12/h12H,3-4,7-11H2,1-2H3. The molecular weight excluding hydrogens is 218 g/mol. The minimum absolute atomic E-state index is 0.0629. The van der Waals surface area contributed by atoms with Gasteiger partial charge in [-0.25, -0.2) is 0 Å². The highest BCUT2D eigenvalue weighted by molar-refractivity contribution is 5.71. The first-order valence-corrected chi connectivity index (χ1v) is 6.21. The number of rotatable bonds is 6. The van der Waals surface area contributed by atoms with E-state index in [2.05, 4.69) is 30.6 Å². The zero-order valence-corrected chi connectivity index (χ0v) is 10.7. The van der Waals surface area contributed by atoms with E-state index in [1.807, 2.05) is 0 Å². The number of hydrogen-bond donors (Lipinski definition) is 0. The zero-order valence-electron chi connectivity index (χ0n) is 10.7. The molecule has 4 heteroatoms. The summed E-state index contributed by atoms with van der Waals surface area (Å²) in [5, 5.41) is 0. The molecule has 0 radical (unpaired) electrons. The molecule has 0 aromatic rings. The lowest BCUT2D eigenvalue weighted by Crippen LogP contribution is -2.23. The van der Waals surface area contributed by atoms with Crippen molar-refractivity contribution in [3.8, 4) is 11.8 Å². The van der Waals surface area contributed by atoms with E-state index in [0.717, 1.165) is 26.1 Å². The molecule has 17 heavy (non-hydrogen) atoms. The number of carbonyl (C=O) groups excluding carboxylic acids is 1. The van der Waals surface area contributed by atoms with Gasteiger partial charge in [-0.3, -0.25) is 9.69 Å². The molecule has 0 aromatic carbocycles. The summed E-state index contributed by atoms with van der Waals surface area (Å²) < 4.78 is 10.4. The molecule has 0 N–H and O–H groups in total. The van der Waals surface area contributed by atoms with Crippen molar-refractivity contribution in [1.29, 1.82) is 0 Å². The Morgan fingerprint density at radius 2 is 2.18 bits per heavy atom. The summed E-state index contributed by atoms with van der Waals surface area (Å²) in [5.41, 5.74) is 0. The van der Waals surface area contributed by atoms with E-state index in [1.54, 1.807) is 0 Å². The zero-order chi connectivity index (χ0) is 12.5. The van der Waals surface area contributed by atoms with Crippen molar-refractivity contribution in [2.75, 3.05) is 32.8 Å². The average molecular weight is 239 g/mol. The van der Waals surface area contributed by atoms with Crippen LogP contribution in [0.3, 0.4) is 0 Å². The molecule has 1 heterocycles. The van der Waals surface area contributed by atoms with Crippen LogP contribution in [-0.4, -0.2) is 49.8 Å². The van der Waals surface area contributed by atoms with Crippen LogP contribution >= 0.6 is 0 Å². The number of cyclic esters (lactones) is 1. The summed E-state index contributed by atoms with van der Waals surface area (Å²) in [5.74, 6) is 5.91. The molecule has 0 bridgehead atoms. The van der Waals surface area contributed by atoms with Gasteiger partial charge in [0.25, 0.3) is 0 Å². The van der Waals surface area contributed by atoms with E-state index in [0.29, 0.717) is 19.6 Å². The third kappa shape index (κ3) is 5.71. The average Bonchev–Trinajstić information content (AvgIpc) is 2.74. The summed E-state index contributed by atoms with van der Waals surface area (Å²) in [6.45, 7) is 7.94. The predicted octanol–water partition coefficient (Wildman–Crippen LogP) is 1.05. The van der Waals surface area contributed by atoms with E-state index < -0.39 is 0 Å². The Morgan fingerprint density at radius 1 is 1.41 bits per heavy atom. The molecule has 0 spiro atoms. The van der Waals surface area contributed by atoms with Gasteiger partial charge in [-0.2, -0.15) is 0 Å². The molecule has 1 aliphatic heterocycles. The molecule has 0 amide bonds. The van der Waals surface area contributed by atoms with E-state index in [-0.39, 0.29) is 12.1 Å². The quantitative estimate of drug-likeness (QED) is 0.394. The van der Waals surface area contributed by atoms with E-state index in [9.17, 15) is 4.79 Å². The third-order valence-corrected chi connectivity index (χ3v) is 2.77. The van der Waals surface area contributed by atoms with Crippen molar-refractivity contribution in [3.05, 3.63) is 0 Å². The molecule has 1 fully saturated rings. The van der Waals surface area contributed by atoms with Crippen LogP contribution in [0.2, 0.25) is 0 Å². The normalized spacial score (nSPS) is 19.0. The van der Waals surface area contributed by atoms with E-state index in [4.69, 9.17) is 9.47 Å². The van der Waals surface area contributed by atoms with Crippen LogP contribution in [0.4, 0.5) is 0 Å². The fourth-order valence-corrected chi connectivity index (χ4v) is 1.61. The number of ether oxygens (including phenoxy) is 2. The Hall–Kier alpha value is -1.05. The van der Waals surface area contributed by atoms with Crippen molar-refractivity contribution < 1.29 is 14.3 Å². The molecule has 0 aromatic heterocycles. The maximum atomic E-state index is 10.8. The molecular formula is C13H21NO3. The second-order valence-corrected chi connectivity index (χ2v) is 3.98. The SMILES string of the molecule is CCN(CC)CC#CCOCC1CCC(=O)O1. The van der Waals surface area contributed by atoms with Gasteiger partial charge in [0.1, 0.15) is 12.7 Å². The van der Waals surface area contributed by atoms with Crippen molar-refractivity contribution in [2.45, 2.75) is 32.8 Å². The Labute approximate surface area is 103 Å². The molecule has 0 saturated carbocycles. The molecule has 1 rings (SSSR count). The highest BCUT2D eigenvalue weighted by Gasteiger charge is 2.22. The number of carbonyl (C=O) groups is 1. The topological polar surface area (TPSA) is 38.8 Å². The van der Waals surface area contributed by atoms with Gasteiger partial charge in [0, 0.05) is 6.42 Å². The monoisotopic (exact) mass is 239 g/mol. The van der Waals surface area contributed by atoms with Gasteiger partial charge in [-0.15, -0.1) is 0 Å². The van der Waals surface area contributed by atoms with Gasteiger partial charge >= 0.3 is 5.97 Å². The van der Waals surface area contributed by atoms with Crippen molar-refractivity contribution in [3.63, 3.8) is 0 Å². The maximum absolute atomic E-state index is 10.8. The summed E-state index contributed by atoms with van der Waals surface area (Å²) >= 11 is 0. The molecule has 1 unspecified atom stereocenters. The molecule has 1 aliphatic rings. The molecule has 96 valence electrons. The first-order valence-electron chi connectivity index (χ1n) is 6.21. The van der Waals surface area contributed by atoms with E-state index >= 15 is 0 Å². The highest BCUT2D eigenvalue weighted by atomic mass is 16.6. The largest absolute Gasteiger partial charge is 0.460 e. The second-order valence-electron chi connectivity index (χ2n) is 3.98. The van der Waals surface area contributed by atoms with Crippen molar-refractivity contribution in [1.82, 2.24) is 4.90 Å². The lowest BCUT2D eigenvalue weighted by atomic mass is 10.2. The Morgan fingerprint density at radius 3 is 2.76 bits per heavy atom. The van der Waals surface area contributed by atoms with Crippen LogP contribution in [-0.2, 0) is 14.3 Å². The number of nitrogens with zero attached hydrogens (tertiary/aromatic N) is 1. The summed E-state index contributed by atoms with van der Waals surface area (Å²) in [4.78, 5) is 13.1. The molecule has 4 nitrogen and oxygen atoms in total. The van der Waals surface area contributed by atoms with Gasteiger partial charge in [0.15, 0.2) is 0 Å². The summed E-state index contributed by atoms with van der Waals surface area (Å²) in [6, 6.07) is 0. The fourth-order valence-electron chi connectivity index (χ4n) is 1.61. The Bertz CT molecular complexity index is 289. The van der Waals surface area contributed by atoms with Crippen LogP contribution in [0.1, 0.15) is 26.7 Å². The summed E-state index contributed by atoms with van der Waals surface area (Å²) in [6.07, 6.45) is 1.22. The number of esters is 1. The highest BCUT2D eigenvalue weighted by Crippen LogP contribution is 2.13. The van der Waals surface area contributed by atoms with E-state index in [1.165, 1.54) is 0 Å². The maximum Gasteiger partial charge on any atom is 0.306 e. The van der Waals surface area contributed by atoms with Crippen LogP contribution in [0, 0.1) is 11.8 Å². The molecule has 0 aliphatic carbocycles. The van der Waals surface area contributed by atoms with Gasteiger partial charge in [-0.1, -0.05) is 25.7 Å². The first-order chi connectivity index (χ1) is 8.26. The lowest BCUT2D eigenvalue weighted by molar-refractivity contribution is -0.143. The second kappa shape index (κ2) is 8.10. The molecule has 1 atom stereocenters. The van der Waals surface area contributed by atoms with Gasteiger partial charge in [0.05, 0.1) is 13.2 Å². The fraction of sp³-hybridized carbons (Fsp3) is 0.769. The Kier molecular flexibility index (Phi) is 6.68.